The molecule has 1 saturated carbocycles. The van der Waals surface area contributed by atoms with Crippen molar-refractivity contribution in [2.24, 2.45) is 5.92 Å². The molecule has 176 valence electrons. The molecule has 0 saturated heterocycles. The van der Waals surface area contributed by atoms with Gasteiger partial charge in [0.1, 0.15) is 11.0 Å². The molecule has 9 heteroatoms. The van der Waals surface area contributed by atoms with Crippen LogP contribution in [0.3, 0.4) is 0 Å². The molecular weight excluding hydrogens is 465 g/mol. The van der Waals surface area contributed by atoms with E-state index in [-0.39, 0.29) is 34.6 Å². The maximum absolute atomic E-state index is 13.1. The minimum absolute atomic E-state index is 0.0570. The Morgan fingerprint density at radius 2 is 1.79 bits per heavy atom. The van der Waals surface area contributed by atoms with E-state index in [4.69, 9.17) is 11.6 Å². The molecule has 1 heterocycles. The maximum atomic E-state index is 13.1. The number of hydrogen-bond acceptors (Lipinski definition) is 3. The number of rotatable bonds is 6. The first-order valence-corrected chi connectivity index (χ1v) is 12.9. The zero-order valence-corrected chi connectivity index (χ0v) is 20.1. The molecule has 0 spiro atoms. The molecule has 0 unspecified atom stereocenters. The Kier molecular flexibility index (Phi) is 6.79. The highest BCUT2D eigenvalue weighted by Crippen LogP contribution is 2.29. The van der Waals surface area contributed by atoms with Gasteiger partial charge in [-0.05, 0) is 81.0 Å². The van der Waals surface area contributed by atoms with Crippen molar-refractivity contribution in [3.8, 4) is 0 Å². The summed E-state index contributed by atoms with van der Waals surface area (Å²) in [5, 5.41) is 4.26. The Morgan fingerprint density at radius 1 is 1.12 bits per heavy atom. The van der Waals surface area contributed by atoms with Crippen LogP contribution in [-0.2, 0) is 14.8 Å². The lowest BCUT2D eigenvalue weighted by molar-refractivity contribution is -0.126. The number of aryl methyl sites for hydroxylation is 1. The average molecular weight is 492 g/mol. The topological polar surface area (TPSA) is 91.1 Å². The third-order valence-corrected chi connectivity index (χ3v) is 8.32. The summed E-state index contributed by atoms with van der Waals surface area (Å²) < 4.78 is 41.8. The molecule has 0 bridgehead atoms. The van der Waals surface area contributed by atoms with Crippen LogP contribution in [0.5, 0.6) is 0 Å². The van der Waals surface area contributed by atoms with Gasteiger partial charge in [-0.25, -0.2) is 17.5 Å². The molecule has 1 aliphatic carbocycles. The first kappa shape index (κ1) is 23.7. The van der Waals surface area contributed by atoms with Crippen LogP contribution in [0.4, 0.5) is 4.39 Å². The van der Waals surface area contributed by atoms with Gasteiger partial charge < -0.3 is 10.3 Å². The smallest absolute Gasteiger partial charge is 0.240 e. The van der Waals surface area contributed by atoms with Crippen molar-refractivity contribution in [2.45, 2.75) is 56.5 Å². The Morgan fingerprint density at radius 3 is 2.45 bits per heavy atom. The van der Waals surface area contributed by atoms with Gasteiger partial charge in [0.05, 0.1) is 10.9 Å². The fraction of sp³-hybridized carbons (Fsp3) is 0.375. The van der Waals surface area contributed by atoms with Gasteiger partial charge in [0.2, 0.25) is 15.9 Å². The van der Waals surface area contributed by atoms with E-state index in [0.717, 1.165) is 22.0 Å². The van der Waals surface area contributed by atoms with Gasteiger partial charge in [-0.2, -0.15) is 0 Å². The number of halogens is 2. The Balaban J connectivity index is 1.34. The van der Waals surface area contributed by atoms with Gasteiger partial charge in [0, 0.05) is 22.9 Å². The Hall–Kier alpha value is -2.42. The molecule has 2 aromatic carbocycles. The standard InChI is InChI=1S/C24H27ClFN3O3S/c1-14-21-13-20(11-12-22(21)28-23(14)25)33(31,32)29-19-9-5-17(6-10-19)24(30)27-15(2)16-3-7-18(26)8-4-16/h3-4,7-8,11-13,15,17,19,28-29H,5-6,9-10H2,1-2H3,(H,27,30)/t15-,17-,19-/m1/s1. The number of aromatic nitrogens is 1. The van der Waals surface area contributed by atoms with E-state index in [1.54, 1.807) is 30.3 Å². The lowest BCUT2D eigenvalue weighted by Crippen LogP contribution is -2.41. The molecule has 33 heavy (non-hydrogen) atoms. The Labute approximate surface area is 198 Å². The zero-order chi connectivity index (χ0) is 23.8. The lowest BCUT2D eigenvalue weighted by Gasteiger charge is -2.29. The van der Waals surface area contributed by atoms with Crippen LogP contribution in [-0.4, -0.2) is 25.4 Å². The highest BCUT2D eigenvalue weighted by molar-refractivity contribution is 7.89. The quantitative estimate of drug-likeness (QED) is 0.454. The van der Waals surface area contributed by atoms with Crippen molar-refractivity contribution in [3.05, 3.63) is 64.6 Å². The number of hydrogen-bond donors (Lipinski definition) is 3. The summed E-state index contributed by atoms with van der Waals surface area (Å²) in [6.45, 7) is 3.70. The van der Waals surface area contributed by atoms with E-state index in [9.17, 15) is 17.6 Å². The third-order valence-electron chi connectivity index (χ3n) is 6.43. The molecular formula is C24H27ClFN3O3S. The minimum atomic E-state index is -3.69. The van der Waals surface area contributed by atoms with Gasteiger partial charge in [-0.3, -0.25) is 4.79 Å². The second-order valence-electron chi connectivity index (χ2n) is 8.72. The largest absolute Gasteiger partial charge is 0.349 e. The van der Waals surface area contributed by atoms with Crippen molar-refractivity contribution in [2.75, 3.05) is 0 Å². The van der Waals surface area contributed by atoms with E-state index in [2.05, 4.69) is 15.0 Å². The molecule has 1 atom stereocenters. The summed E-state index contributed by atoms with van der Waals surface area (Å²) in [5.41, 5.74) is 2.44. The monoisotopic (exact) mass is 491 g/mol. The SMILES string of the molecule is Cc1c(Cl)[nH]c2ccc(S(=O)(=O)N[C@H]3CC[C@H](C(=O)N[C@H](C)c4ccc(F)cc4)CC3)cc12. The number of carbonyl (C=O) groups is 1. The number of sulfonamides is 1. The van der Waals surface area contributed by atoms with Gasteiger partial charge >= 0.3 is 0 Å². The molecule has 1 fully saturated rings. The summed E-state index contributed by atoms with van der Waals surface area (Å²) in [6, 6.07) is 10.5. The fourth-order valence-corrected chi connectivity index (χ4v) is 5.90. The van der Waals surface area contributed by atoms with Crippen molar-refractivity contribution in [1.29, 1.82) is 0 Å². The molecule has 1 aliphatic rings. The summed E-state index contributed by atoms with van der Waals surface area (Å²) in [6.07, 6.45) is 2.36. The normalized spacial score (nSPS) is 20.0. The van der Waals surface area contributed by atoms with Crippen LogP contribution < -0.4 is 10.0 Å². The number of amides is 1. The summed E-state index contributed by atoms with van der Waals surface area (Å²) in [4.78, 5) is 15.9. The number of benzene rings is 2. The average Bonchev–Trinajstić information content (AvgIpc) is 3.07. The predicted molar refractivity (Wildman–Crippen MR) is 127 cm³/mol. The van der Waals surface area contributed by atoms with Crippen molar-refractivity contribution >= 4 is 38.4 Å². The van der Waals surface area contributed by atoms with Crippen LogP contribution in [0.2, 0.25) is 5.15 Å². The van der Waals surface area contributed by atoms with Gasteiger partial charge in [-0.1, -0.05) is 23.7 Å². The fourth-order valence-electron chi connectivity index (χ4n) is 4.37. The van der Waals surface area contributed by atoms with Crippen molar-refractivity contribution in [3.63, 3.8) is 0 Å². The molecule has 0 radical (unpaired) electrons. The Bertz CT molecular complexity index is 1270. The molecule has 1 aromatic heterocycles. The molecule has 1 amide bonds. The van der Waals surface area contributed by atoms with Crippen molar-refractivity contribution in [1.82, 2.24) is 15.0 Å². The predicted octanol–water partition coefficient (Wildman–Crippen LogP) is 4.98. The molecule has 6 nitrogen and oxygen atoms in total. The van der Waals surface area contributed by atoms with E-state index >= 15 is 0 Å². The van der Waals surface area contributed by atoms with Crippen LogP contribution in [0.25, 0.3) is 10.9 Å². The van der Waals surface area contributed by atoms with Gasteiger partial charge in [-0.15, -0.1) is 0 Å². The second-order valence-corrected chi connectivity index (χ2v) is 10.8. The highest BCUT2D eigenvalue weighted by Gasteiger charge is 2.30. The summed E-state index contributed by atoms with van der Waals surface area (Å²) in [5.74, 6) is -0.543. The molecule has 0 aliphatic heterocycles. The lowest BCUT2D eigenvalue weighted by atomic mass is 9.85. The maximum Gasteiger partial charge on any atom is 0.240 e. The third kappa shape index (κ3) is 5.23. The van der Waals surface area contributed by atoms with Gasteiger partial charge in [0.25, 0.3) is 0 Å². The van der Waals surface area contributed by atoms with E-state index in [1.807, 2.05) is 13.8 Å². The first-order chi connectivity index (χ1) is 15.6. The minimum Gasteiger partial charge on any atom is -0.349 e. The van der Waals surface area contributed by atoms with Gasteiger partial charge in [0.15, 0.2) is 0 Å². The van der Waals surface area contributed by atoms with Crippen molar-refractivity contribution < 1.29 is 17.6 Å². The molecule has 3 N–H and O–H groups in total. The van der Waals surface area contributed by atoms with E-state index in [1.165, 1.54) is 12.1 Å². The summed E-state index contributed by atoms with van der Waals surface area (Å²) in [7, 11) is -3.69. The molecule has 3 aromatic rings. The van der Waals surface area contributed by atoms with E-state index < -0.39 is 10.0 Å². The number of H-pyrrole nitrogens is 1. The number of fused-ring (bicyclic) bond motifs is 1. The number of nitrogens with one attached hydrogen (secondary N) is 3. The van der Waals surface area contributed by atoms with Crippen LogP contribution in [0.1, 0.15) is 49.8 Å². The number of aromatic amines is 1. The molecule has 4 rings (SSSR count). The number of carbonyl (C=O) groups excluding carboxylic acids is 1. The summed E-state index contributed by atoms with van der Waals surface area (Å²) >= 11 is 6.12. The van der Waals surface area contributed by atoms with Crippen LogP contribution in [0, 0.1) is 18.7 Å². The highest BCUT2D eigenvalue weighted by atomic mass is 35.5. The first-order valence-electron chi connectivity index (χ1n) is 11.0. The second kappa shape index (κ2) is 9.44. The van der Waals surface area contributed by atoms with E-state index in [0.29, 0.717) is 30.8 Å². The zero-order valence-electron chi connectivity index (χ0n) is 18.5. The van der Waals surface area contributed by atoms with Crippen LogP contribution in [0.15, 0.2) is 47.4 Å². The van der Waals surface area contributed by atoms with Crippen LogP contribution >= 0.6 is 11.6 Å².